The summed E-state index contributed by atoms with van der Waals surface area (Å²) in [7, 11) is -3.50. The standard InChI is InChI=1S/C16H15ClO3S/c1-12-2-6-14(7-3-12)16(18)11-21(19,20)10-13-4-8-15(17)9-5-13/h2-9H,10-11H2,1H3. The van der Waals surface area contributed by atoms with Gasteiger partial charge in [0.25, 0.3) is 0 Å². The lowest BCUT2D eigenvalue weighted by atomic mass is 10.1. The summed E-state index contributed by atoms with van der Waals surface area (Å²) >= 11 is 5.76. The number of ketones is 1. The van der Waals surface area contributed by atoms with E-state index >= 15 is 0 Å². The fourth-order valence-corrected chi connectivity index (χ4v) is 3.40. The molecule has 2 aromatic rings. The molecule has 0 unspecified atom stereocenters. The number of Topliss-reactive ketones (excluding diaryl/α,β-unsaturated/α-hetero) is 1. The van der Waals surface area contributed by atoms with E-state index in [0.29, 0.717) is 16.1 Å². The first-order chi connectivity index (χ1) is 9.85. The van der Waals surface area contributed by atoms with E-state index < -0.39 is 15.6 Å². The van der Waals surface area contributed by atoms with E-state index in [1.165, 1.54) is 0 Å². The maximum absolute atomic E-state index is 12.1. The quantitative estimate of drug-likeness (QED) is 0.792. The van der Waals surface area contributed by atoms with Crippen LogP contribution in [0.2, 0.25) is 5.02 Å². The minimum absolute atomic E-state index is 0.165. The van der Waals surface area contributed by atoms with Crippen LogP contribution in [0.4, 0.5) is 0 Å². The maximum Gasteiger partial charge on any atom is 0.177 e. The summed E-state index contributed by atoms with van der Waals surface area (Å²) in [5.41, 5.74) is 2.06. The Kier molecular flexibility index (Phi) is 4.80. The van der Waals surface area contributed by atoms with Crippen LogP contribution in [0.15, 0.2) is 48.5 Å². The van der Waals surface area contributed by atoms with E-state index in [1.807, 2.05) is 6.92 Å². The first kappa shape index (κ1) is 15.7. The van der Waals surface area contributed by atoms with Crippen molar-refractivity contribution in [3.8, 4) is 0 Å². The van der Waals surface area contributed by atoms with Crippen LogP contribution < -0.4 is 0 Å². The van der Waals surface area contributed by atoms with Crippen molar-refractivity contribution in [3.63, 3.8) is 0 Å². The Labute approximate surface area is 129 Å². The molecule has 0 fully saturated rings. The number of benzene rings is 2. The third kappa shape index (κ3) is 4.69. The van der Waals surface area contributed by atoms with Gasteiger partial charge in [-0.2, -0.15) is 0 Å². The normalized spacial score (nSPS) is 11.3. The molecule has 0 spiro atoms. The largest absolute Gasteiger partial charge is 0.293 e. The average Bonchev–Trinajstić information content (AvgIpc) is 2.41. The van der Waals surface area contributed by atoms with E-state index in [2.05, 4.69) is 0 Å². The molecule has 0 aliphatic heterocycles. The topological polar surface area (TPSA) is 51.2 Å². The molecule has 0 heterocycles. The van der Waals surface area contributed by atoms with Gasteiger partial charge in [0.15, 0.2) is 15.6 Å². The van der Waals surface area contributed by atoms with Crippen LogP contribution in [0.1, 0.15) is 21.5 Å². The van der Waals surface area contributed by atoms with Crippen LogP contribution in [0, 0.1) is 6.92 Å². The molecule has 0 saturated carbocycles. The Balaban J connectivity index is 2.08. The molecule has 5 heteroatoms. The molecule has 2 rings (SSSR count). The van der Waals surface area contributed by atoms with E-state index in [1.54, 1.807) is 48.5 Å². The van der Waals surface area contributed by atoms with Gasteiger partial charge in [0.2, 0.25) is 0 Å². The zero-order valence-electron chi connectivity index (χ0n) is 11.5. The fraction of sp³-hybridized carbons (Fsp3) is 0.188. The molecule has 110 valence electrons. The van der Waals surface area contributed by atoms with E-state index in [0.717, 1.165) is 5.56 Å². The van der Waals surface area contributed by atoms with Gasteiger partial charge in [0.1, 0.15) is 5.75 Å². The number of rotatable bonds is 5. The van der Waals surface area contributed by atoms with Crippen molar-refractivity contribution >= 4 is 27.2 Å². The average molecular weight is 323 g/mol. The van der Waals surface area contributed by atoms with Crippen LogP contribution in [-0.2, 0) is 15.6 Å². The Morgan fingerprint density at radius 2 is 1.57 bits per heavy atom. The van der Waals surface area contributed by atoms with Gasteiger partial charge in [-0.25, -0.2) is 8.42 Å². The smallest absolute Gasteiger partial charge is 0.177 e. The van der Waals surface area contributed by atoms with E-state index in [-0.39, 0.29) is 11.5 Å². The van der Waals surface area contributed by atoms with Gasteiger partial charge in [-0.05, 0) is 24.6 Å². The lowest BCUT2D eigenvalue weighted by Gasteiger charge is -2.05. The molecule has 0 aromatic heterocycles. The lowest BCUT2D eigenvalue weighted by Crippen LogP contribution is -2.18. The number of carbonyl (C=O) groups is 1. The van der Waals surface area contributed by atoms with Crippen molar-refractivity contribution in [1.82, 2.24) is 0 Å². The summed E-state index contributed by atoms with van der Waals surface area (Å²) in [5.74, 6) is -1.04. The number of aryl methyl sites for hydroxylation is 1. The lowest BCUT2D eigenvalue weighted by molar-refractivity contribution is 0.102. The monoisotopic (exact) mass is 322 g/mol. The molecule has 0 saturated heterocycles. The summed E-state index contributed by atoms with van der Waals surface area (Å²) < 4.78 is 24.2. The van der Waals surface area contributed by atoms with Crippen molar-refractivity contribution in [2.24, 2.45) is 0 Å². The number of carbonyl (C=O) groups excluding carboxylic acids is 1. The Hall–Kier alpha value is -1.65. The summed E-state index contributed by atoms with van der Waals surface area (Å²) in [6.45, 7) is 1.91. The highest BCUT2D eigenvalue weighted by atomic mass is 35.5. The number of hydrogen-bond acceptors (Lipinski definition) is 3. The molecule has 2 aromatic carbocycles. The van der Waals surface area contributed by atoms with Gasteiger partial charge < -0.3 is 0 Å². The second-order valence-electron chi connectivity index (χ2n) is 4.95. The SMILES string of the molecule is Cc1ccc(C(=O)CS(=O)(=O)Cc2ccc(Cl)cc2)cc1. The zero-order valence-corrected chi connectivity index (χ0v) is 13.1. The van der Waals surface area contributed by atoms with Crippen LogP contribution >= 0.6 is 11.6 Å². The highest BCUT2D eigenvalue weighted by Gasteiger charge is 2.18. The molecule has 3 nitrogen and oxygen atoms in total. The van der Waals surface area contributed by atoms with E-state index in [4.69, 9.17) is 11.6 Å². The number of sulfone groups is 1. The first-order valence-electron chi connectivity index (χ1n) is 6.40. The minimum Gasteiger partial charge on any atom is -0.293 e. The van der Waals surface area contributed by atoms with Crippen molar-refractivity contribution in [1.29, 1.82) is 0 Å². The van der Waals surface area contributed by atoms with Crippen LogP contribution in [0.25, 0.3) is 0 Å². The van der Waals surface area contributed by atoms with Gasteiger partial charge in [-0.15, -0.1) is 0 Å². The van der Waals surface area contributed by atoms with Crippen molar-refractivity contribution < 1.29 is 13.2 Å². The minimum atomic E-state index is -3.50. The first-order valence-corrected chi connectivity index (χ1v) is 8.60. The van der Waals surface area contributed by atoms with Crippen LogP contribution in [0.3, 0.4) is 0 Å². The van der Waals surface area contributed by atoms with Crippen LogP contribution in [-0.4, -0.2) is 20.0 Å². The molecule has 0 N–H and O–H groups in total. The summed E-state index contributed by atoms with van der Waals surface area (Å²) in [4.78, 5) is 12.0. The second-order valence-corrected chi connectivity index (χ2v) is 7.45. The Morgan fingerprint density at radius 3 is 2.14 bits per heavy atom. The molecule has 0 bridgehead atoms. The van der Waals surface area contributed by atoms with Crippen LogP contribution in [0.5, 0.6) is 0 Å². The molecular weight excluding hydrogens is 308 g/mol. The molecular formula is C16H15ClO3S. The predicted molar refractivity (Wildman–Crippen MR) is 84.5 cm³/mol. The van der Waals surface area contributed by atoms with Crippen molar-refractivity contribution in [3.05, 3.63) is 70.2 Å². The maximum atomic E-state index is 12.1. The zero-order chi connectivity index (χ0) is 15.5. The van der Waals surface area contributed by atoms with Gasteiger partial charge >= 0.3 is 0 Å². The van der Waals surface area contributed by atoms with Gasteiger partial charge in [-0.3, -0.25) is 4.79 Å². The molecule has 0 atom stereocenters. The van der Waals surface area contributed by atoms with Crippen molar-refractivity contribution in [2.45, 2.75) is 12.7 Å². The summed E-state index contributed by atoms with van der Waals surface area (Å²) in [5, 5.41) is 0.548. The predicted octanol–water partition coefficient (Wildman–Crippen LogP) is 3.45. The Morgan fingerprint density at radius 1 is 1.00 bits per heavy atom. The third-order valence-electron chi connectivity index (χ3n) is 3.02. The van der Waals surface area contributed by atoms with Gasteiger partial charge in [-0.1, -0.05) is 53.6 Å². The molecule has 0 aliphatic carbocycles. The van der Waals surface area contributed by atoms with Crippen molar-refractivity contribution in [2.75, 3.05) is 5.75 Å². The molecule has 0 aliphatic rings. The van der Waals surface area contributed by atoms with E-state index in [9.17, 15) is 13.2 Å². The van der Waals surface area contributed by atoms with Gasteiger partial charge in [0.05, 0.1) is 5.75 Å². The fourth-order valence-electron chi connectivity index (χ4n) is 1.91. The summed E-state index contributed by atoms with van der Waals surface area (Å²) in [6, 6.07) is 13.4. The number of hydrogen-bond donors (Lipinski definition) is 0. The number of halogens is 1. The Bertz CT molecular complexity index is 732. The molecule has 0 amide bonds. The highest BCUT2D eigenvalue weighted by molar-refractivity contribution is 7.91. The molecule has 21 heavy (non-hydrogen) atoms. The molecule has 0 radical (unpaired) electrons. The second kappa shape index (κ2) is 6.41. The third-order valence-corrected chi connectivity index (χ3v) is 4.75. The van der Waals surface area contributed by atoms with Gasteiger partial charge in [0, 0.05) is 10.6 Å². The highest BCUT2D eigenvalue weighted by Crippen LogP contribution is 2.13. The summed E-state index contributed by atoms with van der Waals surface area (Å²) in [6.07, 6.45) is 0.